The Balaban J connectivity index is 1.75. The Kier molecular flexibility index (Phi) is 3.79. The molecule has 20 heavy (non-hydrogen) atoms. The SMILES string of the molecule is CC1CCCC(C)N1C(=O)[C@H]1Cc2ccccc2CN1. The van der Waals surface area contributed by atoms with Crippen molar-refractivity contribution in [1.29, 1.82) is 0 Å². The van der Waals surface area contributed by atoms with Crippen molar-refractivity contribution < 1.29 is 4.79 Å². The molecule has 1 saturated heterocycles. The van der Waals surface area contributed by atoms with Crippen LogP contribution < -0.4 is 5.32 Å². The zero-order valence-corrected chi connectivity index (χ0v) is 12.4. The van der Waals surface area contributed by atoms with Gasteiger partial charge in [0.05, 0.1) is 6.04 Å². The molecule has 3 atom stereocenters. The number of amides is 1. The first-order valence-electron chi connectivity index (χ1n) is 7.79. The van der Waals surface area contributed by atoms with E-state index in [0.29, 0.717) is 18.0 Å². The Bertz CT molecular complexity index is 490. The Labute approximate surface area is 121 Å². The van der Waals surface area contributed by atoms with Crippen molar-refractivity contribution in [2.45, 2.75) is 64.2 Å². The van der Waals surface area contributed by atoms with Gasteiger partial charge in [0, 0.05) is 18.6 Å². The molecule has 2 heterocycles. The molecule has 108 valence electrons. The summed E-state index contributed by atoms with van der Waals surface area (Å²) in [6.07, 6.45) is 4.34. The Hall–Kier alpha value is -1.35. The van der Waals surface area contributed by atoms with Crippen molar-refractivity contribution in [3.05, 3.63) is 35.4 Å². The van der Waals surface area contributed by atoms with Crippen molar-refractivity contribution in [1.82, 2.24) is 10.2 Å². The molecule has 3 nitrogen and oxygen atoms in total. The van der Waals surface area contributed by atoms with E-state index in [2.05, 4.69) is 48.3 Å². The number of nitrogens with one attached hydrogen (secondary N) is 1. The summed E-state index contributed by atoms with van der Waals surface area (Å²) in [6.45, 7) is 5.18. The normalized spacial score (nSPS) is 29.9. The number of carbonyl (C=O) groups is 1. The monoisotopic (exact) mass is 272 g/mol. The van der Waals surface area contributed by atoms with Gasteiger partial charge in [0.1, 0.15) is 0 Å². The Morgan fingerprint density at radius 3 is 2.50 bits per heavy atom. The highest BCUT2D eigenvalue weighted by Gasteiger charge is 2.34. The van der Waals surface area contributed by atoms with E-state index in [9.17, 15) is 4.79 Å². The lowest BCUT2D eigenvalue weighted by Gasteiger charge is -2.41. The molecule has 0 radical (unpaired) electrons. The molecule has 1 N–H and O–H groups in total. The Morgan fingerprint density at radius 2 is 1.80 bits per heavy atom. The maximum Gasteiger partial charge on any atom is 0.240 e. The molecule has 2 aliphatic heterocycles. The van der Waals surface area contributed by atoms with Crippen LogP contribution in [0, 0.1) is 0 Å². The molecule has 0 bridgehead atoms. The summed E-state index contributed by atoms with van der Waals surface area (Å²) in [7, 11) is 0. The summed E-state index contributed by atoms with van der Waals surface area (Å²) in [5.41, 5.74) is 2.65. The van der Waals surface area contributed by atoms with Gasteiger partial charge in [-0.25, -0.2) is 0 Å². The average Bonchev–Trinajstić information content (AvgIpc) is 2.46. The van der Waals surface area contributed by atoms with Gasteiger partial charge in [0.2, 0.25) is 5.91 Å². The number of benzene rings is 1. The van der Waals surface area contributed by atoms with E-state index in [1.807, 2.05) is 0 Å². The van der Waals surface area contributed by atoms with Crippen LogP contribution in [0.2, 0.25) is 0 Å². The van der Waals surface area contributed by atoms with E-state index in [4.69, 9.17) is 0 Å². The van der Waals surface area contributed by atoms with Gasteiger partial charge < -0.3 is 10.2 Å². The number of piperidine rings is 1. The molecule has 2 aliphatic rings. The summed E-state index contributed by atoms with van der Waals surface area (Å²) in [6, 6.07) is 9.15. The van der Waals surface area contributed by atoms with E-state index in [0.717, 1.165) is 25.8 Å². The van der Waals surface area contributed by atoms with Gasteiger partial charge in [-0.15, -0.1) is 0 Å². The van der Waals surface area contributed by atoms with Crippen molar-refractivity contribution >= 4 is 5.91 Å². The van der Waals surface area contributed by atoms with Crippen molar-refractivity contribution in [3.8, 4) is 0 Å². The molecule has 1 fully saturated rings. The van der Waals surface area contributed by atoms with Crippen LogP contribution in [-0.4, -0.2) is 28.9 Å². The number of fused-ring (bicyclic) bond motifs is 1. The smallest absolute Gasteiger partial charge is 0.240 e. The van der Waals surface area contributed by atoms with Crippen LogP contribution in [0.1, 0.15) is 44.2 Å². The number of hydrogen-bond donors (Lipinski definition) is 1. The van der Waals surface area contributed by atoms with Crippen molar-refractivity contribution in [3.63, 3.8) is 0 Å². The predicted molar refractivity (Wildman–Crippen MR) is 80.4 cm³/mol. The quantitative estimate of drug-likeness (QED) is 0.852. The van der Waals surface area contributed by atoms with Crippen LogP contribution in [-0.2, 0) is 17.8 Å². The minimum Gasteiger partial charge on any atom is -0.336 e. The maximum absolute atomic E-state index is 12.8. The third kappa shape index (κ3) is 2.47. The summed E-state index contributed by atoms with van der Waals surface area (Å²) < 4.78 is 0. The largest absolute Gasteiger partial charge is 0.336 e. The zero-order chi connectivity index (χ0) is 14.1. The summed E-state index contributed by atoms with van der Waals surface area (Å²) in [5, 5.41) is 3.42. The van der Waals surface area contributed by atoms with Crippen LogP contribution in [0.4, 0.5) is 0 Å². The first-order chi connectivity index (χ1) is 9.66. The fourth-order valence-electron chi connectivity index (χ4n) is 3.66. The lowest BCUT2D eigenvalue weighted by atomic mass is 9.92. The molecule has 0 saturated carbocycles. The van der Waals surface area contributed by atoms with E-state index < -0.39 is 0 Å². The highest BCUT2D eigenvalue weighted by atomic mass is 16.2. The third-order valence-electron chi connectivity index (χ3n) is 4.83. The fourth-order valence-corrected chi connectivity index (χ4v) is 3.66. The van der Waals surface area contributed by atoms with Crippen LogP contribution in [0.3, 0.4) is 0 Å². The van der Waals surface area contributed by atoms with Crippen molar-refractivity contribution in [2.24, 2.45) is 0 Å². The number of rotatable bonds is 1. The lowest BCUT2D eigenvalue weighted by molar-refractivity contribution is -0.139. The van der Waals surface area contributed by atoms with Gasteiger partial charge in [-0.3, -0.25) is 4.79 Å². The van der Waals surface area contributed by atoms with Crippen molar-refractivity contribution in [2.75, 3.05) is 0 Å². The summed E-state index contributed by atoms with van der Waals surface area (Å²) >= 11 is 0. The number of hydrogen-bond acceptors (Lipinski definition) is 2. The maximum atomic E-state index is 12.8. The van der Waals surface area contributed by atoms with Gasteiger partial charge in [-0.1, -0.05) is 24.3 Å². The minimum atomic E-state index is -0.0482. The highest BCUT2D eigenvalue weighted by Crippen LogP contribution is 2.25. The summed E-state index contributed by atoms with van der Waals surface area (Å²) in [4.78, 5) is 15.0. The first kappa shape index (κ1) is 13.6. The van der Waals surface area contributed by atoms with E-state index in [-0.39, 0.29) is 6.04 Å². The number of likely N-dealkylation sites (tertiary alicyclic amines) is 1. The average molecular weight is 272 g/mol. The first-order valence-corrected chi connectivity index (χ1v) is 7.79. The van der Waals surface area contributed by atoms with Gasteiger partial charge in [0.15, 0.2) is 0 Å². The molecule has 1 aromatic rings. The van der Waals surface area contributed by atoms with Crippen LogP contribution in [0.15, 0.2) is 24.3 Å². The second-order valence-electron chi connectivity index (χ2n) is 6.28. The van der Waals surface area contributed by atoms with Crippen LogP contribution in [0.25, 0.3) is 0 Å². The van der Waals surface area contributed by atoms with E-state index in [1.165, 1.54) is 17.5 Å². The third-order valence-corrected chi connectivity index (χ3v) is 4.83. The molecule has 0 aromatic heterocycles. The topological polar surface area (TPSA) is 32.3 Å². The fraction of sp³-hybridized carbons (Fsp3) is 0.588. The van der Waals surface area contributed by atoms with Gasteiger partial charge in [-0.2, -0.15) is 0 Å². The zero-order valence-electron chi connectivity index (χ0n) is 12.4. The predicted octanol–water partition coefficient (Wildman–Crippen LogP) is 2.49. The second-order valence-corrected chi connectivity index (χ2v) is 6.28. The van der Waals surface area contributed by atoms with Crippen LogP contribution in [0.5, 0.6) is 0 Å². The molecule has 1 amide bonds. The molecular formula is C17H24N2O. The molecule has 3 heteroatoms. The van der Waals surface area contributed by atoms with Gasteiger partial charge in [-0.05, 0) is 50.7 Å². The molecule has 2 unspecified atom stereocenters. The lowest BCUT2D eigenvalue weighted by Crippen LogP contribution is -2.56. The summed E-state index contributed by atoms with van der Waals surface area (Å²) in [5.74, 6) is 0.291. The molecule has 1 aromatic carbocycles. The number of nitrogens with zero attached hydrogens (tertiary/aromatic N) is 1. The van der Waals surface area contributed by atoms with Gasteiger partial charge in [0.25, 0.3) is 0 Å². The number of carbonyl (C=O) groups excluding carboxylic acids is 1. The van der Waals surface area contributed by atoms with E-state index >= 15 is 0 Å². The minimum absolute atomic E-state index is 0.0482. The molecule has 0 aliphatic carbocycles. The highest BCUT2D eigenvalue weighted by molar-refractivity contribution is 5.83. The van der Waals surface area contributed by atoms with Gasteiger partial charge >= 0.3 is 0 Å². The molecule has 0 spiro atoms. The van der Waals surface area contributed by atoms with Crippen LogP contribution >= 0.6 is 0 Å². The standard InChI is InChI=1S/C17H24N2O/c1-12-6-5-7-13(2)19(12)17(20)16-10-14-8-3-4-9-15(14)11-18-16/h3-4,8-9,12-13,16,18H,5-7,10-11H2,1-2H3/t12?,13?,16-/m1/s1. The molecular weight excluding hydrogens is 248 g/mol. The second kappa shape index (κ2) is 5.57. The molecule has 3 rings (SSSR count). The van der Waals surface area contributed by atoms with E-state index in [1.54, 1.807) is 0 Å². The Morgan fingerprint density at radius 1 is 1.15 bits per heavy atom.